The first kappa shape index (κ1) is 15.2. The molecule has 0 N–H and O–H groups in total. The van der Waals surface area contributed by atoms with Gasteiger partial charge in [-0.15, -0.1) is 5.10 Å². The number of hydrogen-bond acceptors (Lipinski definition) is 3. The molecule has 0 atom stereocenters. The summed E-state index contributed by atoms with van der Waals surface area (Å²) in [5.74, 6) is -0.0436. The van der Waals surface area contributed by atoms with E-state index in [9.17, 15) is 4.39 Å². The van der Waals surface area contributed by atoms with Crippen molar-refractivity contribution in [1.29, 1.82) is 0 Å². The lowest BCUT2D eigenvalue weighted by atomic mass is 10.2. The van der Waals surface area contributed by atoms with Gasteiger partial charge in [-0.2, -0.15) is 0 Å². The molecule has 112 valence electrons. The number of hydrogen-bond donors (Lipinski definition) is 0. The molecule has 0 spiro atoms. The van der Waals surface area contributed by atoms with E-state index in [4.69, 9.17) is 34.8 Å². The minimum absolute atomic E-state index is 0.0800. The fraction of sp³-hybridized carbons (Fsp3) is 0.0714. The molecule has 8 heteroatoms. The summed E-state index contributed by atoms with van der Waals surface area (Å²) in [6.45, 7) is 0.0800. The Morgan fingerprint density at radius 3 is 2.50 bits per heavy atom. The third-order valence-corrected chi connectivity index (χ3v) is 4.27. The molecule has 4 nitrogen and oxygen atoms in total. The molecule has 0 bridgehead atoms. The molecule has 0 unspecified atom stereocenters. The average Bonchev–Trinajstić information content (AvgIpc) is 2.94. The van der Waals surface area contributed by atoms with Crippen LogP contribution in [-0.4, -0.2) is 20.2 Å². The number of rotatable bonds is 3. The number of benzene rings is 2. The Labute approximate surface area is 140 Å². The molecule has 0 saturated heterocycles. The van der Waals surface area contributed by atoms with Gasteiger partial charge in [-0.05, 0) is 34.7 Å². The van der Waals surface area contributed by atoms with E-state index in [1.165, 1.54) is 16.8 Å². The zero-order chi connectivity index (χ0) is 15.7. The molecule has 3 rings (SSSR count). The lowest BCUT2D eigenvalue weighted by Crippen LogP contribution is -2.07. The second-order valence-corrected chi connectivity index (χ2v) is 5.65. The summed E-state index contributed by atoms with van der Waals surface area (Å²) in [5.41, 5.74) is 0.863. The molecular formula is C14H8Cl3FN4. The van der Waals surface area contributed by atoms with Crippen molar-refractivity contribution in [2.75, 3.05) is 0 Å². The minimum Gasteiger partial charge on any atom is -0.221 e. The molecule has 0 amide bonds. The topological polar surface area (TPSA) is 43.6 Å². The van der Waals surface area contributed by atoms with Crippen LogP contribution in [0.2, 0.25) is 15.1 Å². The van der Waals surface area contributed by atoms with E-state index in [0.29, 0.717) is 32.0 Å². The SMILES string of the molecule is Fc1cccc(Cl)c1Cn1nnnc1-c1cccc(Cl)c1Cl. The summed E-state index contributed by atoms with van der Waals surface area (Å²) in [4.78, 5) is 0. The Morgan fingerprint density at radius 2 is 1.73 bits per heavy atom. The van der Waals surface area contributed by atoms with Crippen molar-refractivity contribution in [3.8, 4) is 11.4 Å². The van der Waals surface area contributed by atoms with Crippen molar-refractivity contribution in [2.24, 2.45) is 0 Å². The van der Waals surface area contributed by atoms with E-state index >= 15 is 0 Å². The van der Waals surface area contributed by atoms with Crippen LogP contribution in [0.5, 0.6) is 0 Å². The van der Waals surface area contributed by atoms with Crippen LogP contribution in [0.15, 0.2) is 36.4 Å². The van der Waals surface area contributed by atoms with Crippen LogP contribution >= 0.6 is 34.8 Å². The van der Waals surface area contributed by atoms with Crippen molar-refractivity contribution in [3.05, 3.63) is 62.8 Å². The van der Waals surface area contributed by atoms with E-state index in [0.717, 1.165) is 0 Å². The van der Waals surface area contributed by atoms with Gasteiger partial charge < -0.3 is 0 Å². The monoisotopic (exact) mass is 356 g/mol. The summed E-state index contributed by atoms with van der Waals surface area (Å²) < 4.78 is 15.3. The third-order valence-electron chi connectivity index (χ3n) is 3.09. The summed E-state index contributed by atoms with van der Waals surface area (Å²) in [5, 5.41) is 12.5. The molecule has 22 heavy (non-hydrogen) atoms. The Kier molecular flexibility index (Phi) is 4.29. The standard InChI is InChI=1S/C14H8Cl3FN4/c15-10-4-2-6-12(18)9(10)7-22-14(19-20-21-22)8-3-1-5-11(16)13(8)17/h1-6H,7H2. The van der Waals surface area contributed by atoms with Crippen LogP contribution in [0.1, 0.15) is 5.56 Å². The van der Waals surface area contributed by atoms with Crippen molar-refractivity contribution >= 4 is 34.8 Å². The van der Waals surface area contributed by atoms with Gasteiger partial charge in [0.15, 0.2) is 5.82 Å². The van der Waals surface area contributed by atoms with Crippen molar-refractivity contribution in [1.82, 2.24) is 20.2 Å². The smallest absolute Gasteiger partial charge is 0.183 e. The molecule has 2 aromatic carbocycles. The normalized spacial score (nSPS) is 10.9. The Hall–Kier alpha value is -1.69. The highest BCUT2D eigenvalue weighted by Gasteiger charge is 2.16. The Morgan fingerprint density at radius 1 is 1.00 bits per heavy atom. The van der Waals surface area contributed by atoms with Crippen LogP contribution in [0.4, 0.5) is 4.39 Å². The Bertz CT molecular complexity index is 814. The van der Waals surface area contributed by atoms with Gasteiger partial charge in [-0.3, -0.25) is 0 Å². The molecule has 1 heterocycles. The van der Waals surface area contributed by atoms with E-state index in [1.54, 1.807) is 24.3 Å². The zero-order valence-electron chi connectivity index (χ0n) is 11.0. The predicted molar refractivity (Wildman–Crippen MR) is 83.8 cm³/mol. The molecule has 0 saturated carbocycles. The molecule has 0 fully saturated rings. The van der Waals surface area contributed by atoms with Gasteiger partial charge in [0.1, 0.15) is 5.82 Å². The van der Waals surface area contributed by atoms with Crippen LogP contribution in [0, 0.1) is 5.82 Å². The van der Waals surface area contributed by atoms with Gasteiger partial charge in [0.2, 0.25) is 0 Å². The molecule has 0 aliphatic rings. The largest absolute Gasteiger partial charge is 0.221 e. The van der Waals surface area contributed by atoms with E-state index < -0.39 is 5.82 Å². The first-order chi connectivity index (χ1) is 10.6. The van der Waals surface area contributed by atoms with Crippen LogP contribution in [0.25, 0.3) is 11.4 Å². The molecule has 1 aromatic heterocycles. The average molecular weight is 358 g/mol. The first-order valence-corrected chi connectivity index (χ1v) is 7.34. The lowest BCUT2D eigenvalue weighted by molar-refractivity contribution is 0.579. The van der Waals surface area contributed by atoms with E-state index in [1.807, 2.05) is 0 Å². The first-order valence-electron chi connectivity index (χ1n) is 6.21. The van der Waals surface area contributed by atoms with Crippen LogP contribution in [-0.2, 0) is 6.54 Å². The second kappa shape index (κ2) is 6.20. The summed E-state index contributed by atoms with van der Waals surface area (Å²) >= 11 is 18.2. The third kappa shape index (κ3) is 2.79. The number of aromatic nitrogens is 4. The molecule has 0 radical (unpaired) electrons. The number of nitrogens with zero attached hydrogens (tertiary/aromatic N) is 4. The van der Waals surface area contributed by atoms with Crippen molar-refractivity contribution < 1.29 is 4.39 Å². The highest BCUT2D eigenvalue weighted by atomic mass is 35.5. The van der Waals surface area contributed by atoms with Gasteiger partial charge in [0.25, 0.3) is 0 Å². The van der Waals surface area contributed by atoms with Gasteiger partial charge in [-0.25, -0.2) is 9.07 Å². The van der Waals surface area contributed by atoms with Gasteiger partial charge >= 0.3 is 0 Å². The van der Waals surface area contributed by atoms with Gasteiger partial charge in [0.05, 0.1) is 16.6 Å². The predicted octanol–water partition coefficient (Wildman–Crippen LogP) is 4.49. The molecular weight excluding hydrogens is 350 g/mol. The second-order valence-electron chi connectivity index (χ2n) is 4.46. The maximum atomic E-state index is 13.9. The maximum Gasteiger partial charge on any atom is 0.183 e. The minimum atomic E-state index is -0.425. The van der Waals surface area contributed by atoms with Crippen LogP contribution < -0.4 is 0 Å². The summed E-state index contributed by atoms with van der Waals surface area (Å²) in [6, 6.07) is 9.61. The lowest BCUT2D eigenvalue weighted by Gasteiger charge is -2.09. The quantitative estimate of drug-likeness (QED) is 0.694. The highest BCUT2D eigenvalue weighted by molar-refractivity contribution is 6.43. The maximum absolute atomic E-state index is 13.9. The fourth-order valence-corrected chi connectivity index (χ4v) is 2.62. The Balaban J connectivity index is 2.05. The van der Waals surface area contributed by atoms with Crippen LogP contribution in [0.3, 0.4) is 0 Å². The molecule has 0 aliphatic carbocycles. The van der Waals surface area contributed by atoms with E-state index in [-0.39, 0.29) is 6.54 Å². The van der Waals surface area contributed by atoms with Gasteiger partial charge in [-0.1, -0.05) is 46.9 Å². The summed E-state index contributed by atoms with van der Waals surface area (Å²) in [7, 11) is 0. The molecule has 3 aromatic rings. The van der Waals surface area contributed by atoms with Crippen molar-refractivity contribution in [3.63, 3.8) is 0 Å². The molecule has 0 aliphatic heterocycles. The van der Waals surface area contributed by atoms with E-state index in [2.05, 4.69) is 15.5 Å². The van der Waals surface area contributed by atoms with Crippen molar-refractivity contribution in [2.45, 2.75) is 6.54 Å². The number of tetrazole rings is 1. The zero-order valence-corrected chi connectivity index (χ0v) is 13.2. The fourth-order valence-electron chi connectivity index (χ4n) is 2.01. The highest BCUT2D eigenvalue weighted by Crippen LogP contribution is 2.32. The summed E-state index contributed by atoms with van der Waals surface area (Å²) in [6.07, 6.45) is 0. The number of halogens is 4. The van der Waals surface area contributed by atoms with Gasteiger partial charge in [0, 0.05) is 16.1 Å².